The number of hydrogen-bond donors (Lipinski definition) is 1. The molecule has 0 aliphatic carbocycles. The van der Waals surface area contributed by atoms with Crippen molar-refractivity contribution in [2.75, 3.05) is 23.3 Å². The molecule has 0 bridgehead atoms. The van der Waals surface area contributed by atoms with Gasteiger partial charge in [-0.2, -0.15) is 9.61 Å². The van der Waals surface area contributed by atoms with E-state index in [-0.39, 0.29) is 0 Å². The molecule has 168 valence electrons. The fourth-order valence-corrected chi connectivity index (χ4v) is 3.69. The van der Waals surface area contributed by atoms with E-state index in [1.165, 1.54) is 19.3 Å². The van der Waals surface area contributed by atoms with Gasteiger partial charge in [0.2, 0.25) is 0 Å². The van der Waals surface area contributed by atoms with E-state index in [0.717, 1.165) is 40.4 Å². The monoisotopic (exact) mass is 495 g/mol. The minimum Gasteiger partial charge on any atom is -0.366 e. The van der Waals surface area contributed by atoms with Gasteiger partial charge in [-0.05, 0) is 59.0 Å². The number of fused-ring (bicyclic) bond motifs is 1. The summed E-state index contributed by atoms with van der Waals surface area (Å²) in [5.74, 6) is 1.95. The molecular weight excluding hydrogens is 466 g/mol. The van der Waals surface area contributed by atoms with E-state index in [9.17, 15) is 0 Å². The lowest BCUT2D eigenvalue weighted by atomic mass is 10.1. The quantitative estimate of drug-likeness (QED) is 0.397. The maximum atomic E-state index is 4.80. The van der Waals surface area contributed by atoms with Crippen molar-refractivity contribution < 1.29 is 0 Å². The van der Waals surface area contributed by atoms with Gasteiger partial charge in [0.05, 0.1) is 10.7 Å². The van der Waals surface area contributed by atoms with Gasteiger partial charge >= 0.3 is 0 Å². The number of aromatic nitrogens is 5. The first kappa shape index (κ1) is 23.7. The van der Waals surface area contributed by atoms with Gasteiger partial charge < -0.3 is 10.2 Å². The van der Waals surface area contributed by atoms with E-state index in [4.69, 9.17) is 4.98 Å². The van der Waals surface area contributed by atoms with Crippen LogP contribution in [0.15, 0.2) is 71.9 Å². The minimum absolute atomic E-state index is 0.698. The SMILES string of the molecule is Brc1cnn2c(NCc3cccnc3)cc(N3CCCCC3)nc12.CC.c1ccncc1. The second-order valence-corrected chi connectivity index (χ2v) is 7.87. The Morgan fingerprint density at radius 1 is 0.938 bits per heavy atom. The number of nitrogens with zero attached hydrogens (tertiary/aromatic N) is 6. The third-order valence-electron chi connectivity index (χ3n) is 4.86. The Labute approximate surface area is 198 Å². The van der Waals surface area contributed by atoms with E-state index in [1.807, 2.05) is 48.8 Å². The Hall–Kier alpha value is -3.00. The highest BCUT2D eigenvalue weighted by molar-refractivity contribution is 9.10. The number of halogens is 1. The topological polar surface area (TPSA) is 71.2 Å². The summed E-state index contributed by atoms with van der Waals surface area (Å²) in [7, 11) is 0. The van der Waals surface area contributed by atoms with Crippen molar-refractivity contribution >= 4 is 33.2 Å². The highest BCUT2D eigenvalue weighted by Crippen LogP contribution is 2.26. The first-order valence-corrected chi connectivity index (χ1v) is 11.9. The third kappa shape index (κ3) is 6.50. The third-order valence-corrected chi connectivity index (χ3v) is 5.42. The van der Waals surface area contributed by atoms with Crippen molar-refractivity contribution in [3.8, 4) is 0 Å². The molecule has 7 nitrogen and oxygen atoms in total. The molecule has 1 aliphatic heterocycles. The van der Waals surface area contributed by atoms with Crippen LogP contribution in [-0.2, 0) is 6.54 Å². The number of pyridine rings is 2. The lowest BCUT2D eigenvalue weighted by molar-refractivity contribution is 0.573. The number of anilines is 2. The molecule has 5 rings (SSSR count). The summed E-state index contributed by atoms with van der Waals surface area (Å²) < 4.78 is 2.75. The Balaban J connectivity index is 0.000000309. The van der Waals surface area contributed by atoms with Crippen molar-refractivity contribution in [1.29, 1.82) is 0 Å². The molecule has 0 spiro atoms. The van der Waals surface area contributed by atoms with E-state index in [0.29, 0.717) is 6.54 Å². The van der Waals surface area contributed by atoms with Crippen LogP contribution in [-0.4, -0.2) is 37.7 Å². The molecule has 32 heavy (non-hydrogen) atoms. The Morgan fingerprint density at radius 3 is 2.31 bits per heavy atom. The van der Waals surface area contributed by atoms with Crippen LogP contribution in [0.3, 0.4) is 0 Å². The van der Waals surface area contributed by atoms with Crippen LogP contribution in [0.1, 0.15) is 38.7 Å². The molecule has 0 aromatic carbocycles. The van der Waals surface area contributed by atoms with Crippen LogP contribution in [0.4, 0.5) is 11.6 Å². The predicted octanol–water partition coefficient (Wildman–Crippen LogP) is 5.60. The molecule has 0 saturated carbocycles. The average Bonchev–Trinajstić information content (AvgIpc) is 3.27. The van der Waals surface area contributed by atoms with E-state index in [2.05, 4.69) is 53.3 Å². The molecule has 0 atom stereocenters. The highest BCUT2D eigenvalue weighted by Gasteiger charge is 2.16. The summed E-state index contributed by atoms with van der Waals surface area (Å²) in [6.07, 6.45) is 12.7. The van der Waals surface area contributed by atoms with Crippen LogP contribution in [0.2, 0.25) is 0 Å². The maximum Gasteiger partial charge on any atom is 0.173 e. The molecule has 4 aromatic rings. The van der Waals surface area contributed by atoms with Crippen molar-refractivity contribution in [3.05, 3.63) is 77.4 Å². The second kappa shape index (κ2) is 12.8. The summed E-state index contributed by atoms with van der Waals surface area (Å²) in [5, 5.41) is 7.90. The zero-order chi connectivity index (χ0) is 22.6. The van der Waals surface area contributed by atoms with Crippen LogP contribution in [0.5, 0.6) is 0 Å². The van der Waals surface area contributed by atoms with Crippen molar-refractivity contribution in [3.63, 3.8) is 0 Å². The standard InChI is InChI=1S/C17H19BrN6.C5H5N.C2H6/c18-14-12-21-24-15(20-11-13-5-4-6-19-10-13)9-16(22-17(14)24)23-7-2-1-3-8-23;1-2-4-6-5-3-1;1-2/h4-6,9-10,12,20H,1-3,7-8,11H2;1-5H;1-2H3. The van der Waals surface area contributed by atoms with Gasteiger partial charge in [0, 0.05) is 50.5 Å². The first-order chi connectivity index (χ1) is 15.8. The summed E-state index contributed by atoms with van der Waals surface area (Å²) in [4.78, 5) is 15.1. The van der Waals surface area contributed by atoms with E-state index in [1.54, 1.807) is 24.8 Å². The number of piperidine rings is 1. The zero-order valence-corrected chi connectivity index (χ0v) is 20.2. The van der Waals surface area contributed by atoms with Crippen molar-refractivity contribution in [2.24, 2.45) is 0 Å². The molecule has 0 radical (unpaired) electrons. The van der Waals surface area contributed by atoms with Crippen LogP contribution in [0.25, 0.3) is 5.65 Å². The number of hydrogen-bond acceptors (Lipinski definition) is 6. The lowest BCUT2D eigenvalue weighted by Crippen LogP contribution is -2.30. The van der Waals surface area contributed by atoms with E-state index >= 15 is 0 Å². The summed E-state index contributed by atoms with van der Waals surface area (Å²) >= 11 is 3.55. The van der Waals surface area contributed by atoms with Gasteiger partial charge in [0.25, 0.3) is 0 Å². The molecule has 5 heterocycles. The smallest absolute Gasteiger partial charge is 0.173 e. The lowest BCUT2D eigenvalue weighted by Gasteiger charge is -2.28. The maximum absolute atomic E-state index is 4.80. The molecular formula is C24H30BrN7. The number of rotatable bonds is 4. The molecule has 1 saturated heterocycles. The molecule has 4 aromatic heterocycles. The second-order valence-electron chi connectivity index (χ2n) is 7.01. The van der Waals surface area contributed by atoms with Crippen LogP contribution in [0, 0.1) is 0 Å². The van der Waals surface area contributed by atoms with Gasteiger partial charge in [-0.15, -0.1) is 0 Å². The van der Waals surface area contributed by atoms with Gasteiger partial charge in [0.15, 0.2) is 5.65 Å². The van der Waals surface area contributed by atoms with Gasteiger partial charge in [-0.1, -0.05) is 26.0 Å². The first-order valence-electron chi connectivity index (χ1n) is 11.1. The Kier molecular flexibility index (Phi) is 9.43. The Morgan fingerprint density at radius 2 is 1.69 bits per heavy atom. The molecule has 1 fully saturated rings. The summed E-state index contributed by atoms with van der Waals surface area (Å²) in [6, 6.07) is 11.8. The van der Waals surface area contributed by atoms with E-state index < -0.39 is 0 Å². The molecule has 1 aliphatic rings. The minimum atomic E-state index is 0.698. The molecule has 1 N–H and O–H groups in total. The zero-order valence-electron chi connectivity index (χ0n) is 18.7. The van der Waals surface area contributed by atoms with Crippen molar-refractivity contribution in [2.45, 2.75) is 39.7 Å². The Bertz CT molecular complexity index is 1020. The summed E-state index contributed by atoms with van der Waals surface area (Å²) in [5.41, 5.74) is 1.97. The van der Waals surface area contributed by atoms with Crippen LogP contribution < -0.4 is 10.2 Å². The molecule has 0 unspecified atom stereocenters. The van der Waals surface area contributed by atoms with Gasteiger partial charge in [-0.3, -0.25) is 9.97 Å². The molecule has 8 heteroatoms. The normalized spacial score (nSPS) is 12.9. The average molecular weight is 496 g/mol. The molecule has 0 amide bonds. The fourth-order valence-electron chi connectivity index (χ4n) is 3.34. The summed E-state index contributed by atoms with van der Waals surface area (Å²) in [6.45, 7) is 6.83. The van der Waals surface area contributed by atoms with Crippen LogP contribution >= 0.6 is 15.9 Å². The van der Waals surface area contributed by atoms with Gasteiger partial charge in [-0.25, -0.2) is 4.98 Å². The largest absolute Gasteiger partial charge is 0.366 e. The van der Waals surface area contributed by atoms with Crippen molar-refractivity contribution in [1.82, 2.24) is 24.6 Å². The van der Waals surface area contributed by atoms with Gasteiger partial charge in [0.1, 0.15) is 11.6 Å². The number of nitrogens with one attached hydrogen (secondary N) is 1. The predicted molar refractivity (Wildman–Crippen MR) is 134 cm³/mol. The highest BCUT2D eigenvalue weighted by atomic mass is 79.9. The fraction of sp³-hybridized carbons (Fsp3) is 0.333.